The Morgan fingerprint density at radius 2 is 1.72 bits per heavy atom. The predicted molar refractivity (Wildman–Crippen MR) is 152 cm³/mol. The number of aliphatic hydroxyl groups is 1. The molecule has 0 spiro atoms. The number of halogens is 3. The van der Waals surface area contributed by atoms with Crippen LogP contribution in [0.2, 0.25) is 0 Å². The molecule has 0 fully saturated rings. The number of aromatic hydroxyl groups is 1. The lowest BCUT2D eigenvalue weighted by molar-refractivity contribution is -0.137. The fourth-order valence-corrected chi connectivity index (χ4v) is 3.41. The second-order valence-corrected chi connectivity index (χ2v) is 9.36. The highest BCUT2D eigenvalue weighted by atomic mass is 19.4. The fraction of sp³-hybridized carbons (Fsp3) is 0.419. The van der Waals surface area contributed by atoms with Gasteiger partial charge in [0, 0.05) is 25.6 Å². The molecule has 5 nitrogen and oxygen atoms in total. The number of hydrogen-bond acceptors (Lipinski definition) is 5. The van der Waals surface area contributed by atoms with Gasteiger partial charge in [0.25, 0.3) is 0 Å². The third-order valence-corrected chi connectivity index (χ3v) is 5.47. The van der Waals surface area contributed by atoms with Crippen molar-refractivity contribution in [1.29, 1.82) is 0 Å². The van der Waals surface area contributed by atoms with Crippen LogP contribution in [0.5, 0.6) is 5.75 Å². The number of phenols is 1. The second kappa shape index (κ2) is 17.2. The molecule has 0 radical (unpaired) electrons. The minimum atomic E-state index is -4.36. The highest BCUT2D eigenvalue weighted by molar-refractivity contribution is 5.97. The van der Waals surface area contributed by atoms with Gasteiger partial charge in [-0.15, -0.1) is 0 Å². The summed E-state index contributed by atoms with van der Waals surface area (Å²) >= 11 is 0. The van der Waals surface area contributed by atoms with Gasteiger partial charge in [0.1, 0.15) is 17.9 Å². The number of aryl methyl sites for hydroxylation is 1. The van der Waals surface area contributed by atoms with Crippen LogP contribution >= 0.6 is 0 Å². The van der Waals surface area contributed by atoms with E-state index in [0.717, 1.165) is 54.8 Å². The van der Waals surface area contributed by atoms with Gasteiger partial charge in [-0.3, -0.25) is 0 Å². The molecule has 0 bridgehead atoms. The van der Waals surface area contributed by atoms with Crippen LogP contribution in [0, 0.1) is 12.8 Å². The quantitative estimate of drug-likeness (QED) is 0.352. The van der Waals surface area contributed by atoms with E-state index in [-0.39, 0.29) is 18.3 Å². The Bertz CT molecular complexity index is 1110. The Labute approximate surface area is 230 Å². The lowest BCUT2D eigenvalue weighted by Gasteiger charge is -2.25. The first-order chi connectivity index (χ1) is 18.5. The number of benzene rings is 2. The molecule has 8 heteroatoms. The SMILES string of the molecule is CC(C)C=O.CCCCN(Cc1ccc(O)c(C)c1)C1=NC(c2ccc(C(F)(F)F)cc2)=CCC=C1.CCO. The van der Waals surface area contributed by atoms with Crippen molar-refractivity contribution in [2.24, 2.45) is 10.9 Å². The number of carbonyl (C=O) groups is 1. The Morgan fingerprint density at radius 1 is 1.10 bits per heavy atom. The molecule has 1 heterocycles. The van der Waals surface area contributed by atoms with Crippen molar-refractivity contribution < 1.29 is 28.2 Å². The summed E-state index contributed by atoms with van der Waals surface area (Å²) in [4.78, 5) is 16.5. The van der Waals surface area contributed by atoms with E-state index in [2.05, 4.69) is 11.8 Å². The maximum atomic E-state index is 12.9. The number of allylic oxidation sites excluding steroid dienone is 2. The number of alkyl halides is 3. The number of aldehydes is 1. The fourth-order valence-electron chi connectivity index (χ4n) is 3.41. The van der Waals surface area contributed by atoms with Gasteiger partial charge in [0.2, 0.25) is 0 Å². The molecule has 0 aliphatic carbocycles. The smallest absolute Gasteiger partial charge is 0.416 e. The molecular weight excluding hydrogens is 505 g/mol. The van der Waals surface area contributed by atoms with Crippen LogP contribution in [0.4, 0.5) is 13.2 Å². The summed E-state index contributed by atoms with van der Waals surface area (Å²) in [6.07, 6.45) is 5.14. The molecule has 214 valence electrons. The predicted octanol–water partition coefficient (Wildman–Crippen LogP) is 7.56. The molecule has 3 rings (SSSR count). The Morgan fingerprint density at radius 3 is 2.23 bits per heavy atom. The average Bonchev–Trinajstić information content (AvgIpc) is 3.15. The van der Waals surface area contributed by atoms with Crippen molar-refractivity contribution >= 4 is 17.8 Å². The van der Waals surface area contributed by atoms with Crippen LogP contribution in [0.3, 0.4) is 0 Å². The molecular formula is C31H41F3N2O3. The molecule has 0 atom stereocenters. The topological polar surface area (TPSA) is 73.1 Å². The zero-order valence-electron chi connectivity index (χ0n) is 23.5. The number of aliphatic hydroxyl groups excluding tert-OH is 1. The highest BCUT2D eigenvalue weighted by Gasteiger charge is 2.30. The number of nitrogens with zero attached hydrogens (tertiary/aromatic N) is 2. The second-order valence-electron chi connectivity index (χ2n) is 9.36. The number of unbranched alkanes of at least 4 members (excludes halogenated alkanes) is 1. The summed E-state index contributed by atoms with van der Waals surface area (Å²) in [6.45, 7) is 11.1. The summed E-state index contributed by atoms with van der Waals surface area (Å²) in [5.41, 5.74) is 2.53. The zero-order valence-corrected chi connectivity index (χ0v) is 23.5. The van der Waals surface area contributed by atoms with Crippen molar-refractivity contribution in [1.82, 2.24) is 4.90 Å². The molecule has 2 aromatic rings. The van der Waals surface area contributed by atoms with Gasteiger partial charge in [-0.05, 0) is 67.7 Å². The first kappa shape index (κ1) is 33.6. The van der Waals surface area contributed by atoms with Crippen LogP contribution in [-0.4, -0.2) is 40.4 Å². The van der Waals surface area contributed by atoms with Gasteiger partial charge >= 0.3 is 6.18 Å². The molecule has 0 amide bonds. The van der Waals surface area contributed by atoms with Crippen LogP contribution in [0.15, 0.2) is 65.7 Å². The van der Waals surface area contributed by atoms with Gasteiger partial charge in [-0.2, -0.15) is 13.2 Å². The molecule has 0 saturated heterocycles. The Hall–Kier alpha value is -3.39. The zero-order chi connectivity index (χ0) is 29.4. The van der Waals surface area contributed by atoms with E-state index in [1.165, 1.54) is 12.1 Å². The normalized spacial score (nSPS) is 12.8. The molecule has 0 saturated carbocycles. The first-order valence-corrected chi connectivity index (χ1v) is 13.2. The van der Waals surface area contributed by atoms with Crippen molar-refractivity contribution in [2.45, 2.75) is 66.6 Å². The lowest BCUT2D eigenvalue weighted by Crippen LogP contribution is -2.30. The highest BCUT2D eigenvalue weighted by Crippen LogP contribution is 2.31. The summed E-state index contributed by atoms with van der Waals surface area (Å²) < 4.78 is 38.7. The van der Waals surface area contributed by atoms with Crippen molar-refractivity contribution in [3.05, 3.63) is 82.9 Å². The van der Waals surface area contributed by atoms with E-state index in [4.69, 9.17) is 10.1 Å². The van der Waals surface area contributed by atoms with Gasteiger partial charge in [-0.25, -0.2) is 4.99 Å². The minimum Gasteiger partial charge on any atom is -0.508 e. The van der Waals surface area contributed by atoms with Crippen LogP contribution in [-0.2, 0) is 17.5 Å². The minimum absolute atomic E-state index is 0.204. The van der Waals surface area contributed by atoms with Crippen LogP contribution in [0.25, 0.3) is 5.70 Å². The van der Waals surface area contributed by atoms with Crippen molar-refractivity contribution in [3.8, 4) is 5.75 Å². The number of amidine groups is 1. The Kier molecular flexibility index (Phi) is 14.9. The summed E-state index contributed by atoms with van der Waals surface area (Å²) in [5, 5.41) is 17.4. The van der Waals surface area contributed by atoms with Gasteiger partial charge in [0.05, 0.1) is 11.3 Å². The third-order valence-electron chi connectivity index (χ3n) is 5.47. The third kappa shape index (κ3) is 12.3. The lowest BCUT2D eigenvalue weighted by atomic mass is 10.1. The van der Waals surface area contributed by atoms with E-state index in [9.17, 15) is 23.1 Å². The number of phenolic OH excluding ortho intramolecular Hbond substituents is 1. The number of hydrogen-bond donors (Lipinski definition) is 2. The summed E-state index contributed by atoms with van der Waals surface area (Å²) in [6, 6.07) is 10.7. The van der Waals surface area contributed by atoms with E-state index in [1.54, 1.807) is 13.0 Å². The molecule has 0 unspecified atom stereocenters. The van der Waals surface area contributed by atoms with E-state index in [1.807, 2.05) is 51.1 Å². The van der Waals surface area contributed by atoms with Gasteiger partial charge in [-0.1, -0.05) is 63.6 Å². The molecule has 1 aliphatic heterocycles. The number of rotatable bonds is 7. The Balaban J connectivity index is 0.000000838. The van der Waals surface area contributed by atoms with E-state index >= 15 is 0 Å². The molecule has 39 heavy (non-hydrogen) atoms. The largest absolute Gasteiger partial charge is 0.508 e. The standard InChI is InChI=1S/C25H27F3N2O.C4H8O.C2H6O/c1-3-4-15-30(17-19-9-14-23(31)18(2)16-19)24-8-6-5-7-22(29-24)20-10-12-21(13-11-20)25(26,27)28;1-4(2)3-5;1-2-3/h6-14,16,31H,3-5,15,17H2,1-2H3;3-4H,1-2H3;3H,2H2,1H3. The summed E-state index contributed by atoms with van der Waals surface area (Å²) in [5.74, 6) is 1.25. The number of carbonyl (C=O) groups excluding carboxylic acids is 1. The average molecular weight is 547 g/mol. The molecule has 1 aliphatic rings. The van der Waals surface area contributed by atoms with E-state index < -0.39 is 11.7 Å². The maximum Gasteiger partial charge on any atom is 0.416 e. The maximum absolute atomic E-state index is 12.9. The number of aliphatic imine (C=N–C) groups is 1. The van der Waals surface area contributed by atoms with Gasteiger partial charge in [0.15, 0.2) is 0 Å². The monoisotopic (exact) mass is 546 g/mol. The van der Waals surface area contributed by atoms with Crippen LogP contribution < -0.4 is 0 Å². The van der Waals surface area contributed by atoms with Gasteiger partial charge < -0.3 is 19.9 Å². The van der Waals surface area contributed by atoms with Crippen LogP contribution in [0.1, 0.15) is 69.2 Å². The molecule has 2 aromatic carbocycles. The van der Waals surface area contributed by atoms with E-state index in [0.29, 0.717) is 24.2 Å². The first-order valence-electron chi connectivity index (χ1n) is 13.2. The molecule has 2 N–H and O–H groups in total. The molecule has 0 aromatic heterocycles. The van der Waals surface area contributed by atoms with Crippen molar-refractivity contribution in [3.63, 3.8) is 0 Å². The van der Waals surface area contributed by atoms with Crippen molar-refractivity contribution in [2.75, 3.05) is 13.2 Å². The summed E-state index contributed by atoms with van der Waals surface area (Å²) in [7, 11) is 0.